The first kappa shape index (κ1) is 16.2. The normalized spacial score (nSPS) is 17.7. The van der Waals surface area contributed by atoms with Crippen LogP contribution in [0.25, 0.3) is 0 Å². The fourth-order valence-corrected chi connectivity index (χ4v) is 2.92. The van der Waals surface area contributed by atoms with Crippen LogP contribution in [-0.4, -0.2) is 41.5 Å². The highest BCUT2D eigenvalue weighted by atomic mass is 127. The molecule has 0 spiro atoms. The van der Waals surface area contributed by atoms with Gasteiger partial charge in [0.25, 0.3) is 11.6 Å². The van der Waals surface area contributed by atoms with Crippen LogP contribution in [0.4, 0.5) is 5.69 Å². The zero-order valence-corrected chi connectivity index (χ0v) is 13.9. The Bertz CT molecular complexity index is 544. The summed E-state index contributed by atoms with van der Waals surface area (Å²) in [5.74, 6) is -0.180. The molecule has 1 unspecified atom stereocenters. The predicted octanol–water partition coefficient (Wildman–Crippen LogP) is 2.84. The number of nitro benzene ring substituents is 1. The van der Waals surface area contributed by atoms with E-state index in [9.17, 15) is 14.9 Å². The molecule has 1 amide bonds. The van der Waals surface area contributed by atoms with Gasteiger partial charge in [-0.05, 0) is 48.4 Å². The van der Waals surface area contributed by atoms with Gasteiger partial charge in [-0.15, -0.1) is 0 Å². The van der Waals surface area contributed by atoms with Gasteiger partial charge >= 0.3 is 0 Å². The Labute approximate surface area is 136 Å². The van der Waals surface area contributed by atoms with Gasteiger partial charge in [0.15, 0.2) is 0 Å². The van der Waals surface area contributed by atoms with E-state index in [0.29, 0.717) is 22.2 Å². The molecule has 1 fully saturated rings. The van der Waals surface area contributed by atoms with Gasteiger partial charge in [-0.1, -0.05) is 0 Å². The number of ether oxygens (including phenoxy) is 1. The molecule has 0 N–H and O–H groups in total. The fraction of sp³-hybridized carbons (Fsp3) is 0.500. The van der Waals surface area contributed by atoms with Gasteiger partial charge in [-0.2, -0.15) is 0 Å². The molecule has 7 heteroatoms. The highest BCUT2D eigenvalue weighted by Crippen LogP contribution is 2.22. The van der Waals surface area contributed by atoms with E-state index in [-0.39, 0.29) is 17.7 Å². The summed E-state index contributed by atoms with van der Waals surface area (Å²) in [5, 5.41) is 10.9. The predicted molar refractivity (Wildman–Crippen MR) is 86.4 cm³/mol. The summed E-state index contributed by atoms with van der Waals surface area (Å²) in [5.41, 5.74) is 0.316. The summed E-state index contributed by atoms with van der Waals surface area (Å²) >= 11 is 2.03. The van der Waals surface area contributed by atoms with Crippen LogP contribution in [0.3, 0.4) is 0 Å². The Morgan fingerprint density at radius 2 is 2.33 bits per heavy atom. The molecular weight excluding hydrogens is 387 g/mol. The molecular formula is C14H17IN2O4. The van der Waals surface area contributed by atoms with Crippen molar-refractivity contribution in [3.05, 3.63) is 37.4 Å². The molecule has 1 saturated heterocycles. The Balaban J connectivity index is 2.19. The van der Waals surface area contributed by atoms with Crippen LogP contribution in [0.15, 0.2) is 18.2 Å². The molecule has 6 nitrogen and oxygen atoms in total. The number of halogens is 1. The number of nitro groups is 1. The van der Waals surface area contributed by atoms with Crippen LogP contribution in [0, 0.1) is 13.7 Å². The second-order valence-electron chi connectivity index (χ2n) is 4.90. The minimum Gasteiger partial charge on any atom is -0.376 e. The van der Waals surface area contributed by atoms with Gasteiger partial charge in [-0.3, -0.25) is 14.9 Å². The van der Waals surface area contributed by atoms with Gasteiger partial charge in [0.05, 0.1) is 16.6 Å². The van der Waals surface area contributed by atoms with Crippen LogP contribution in [0.2, 0.25) is 0 Å². The zero-order chi connectivity index (χ0) is 15.4. The van der Waals surface area contributed by atoms with Crippen LogP contribution in [-0.2, 0) is 4.74 Å². The van der Waals surface area contributed by atoms with Crippen LogP contribution < -0.4 is 0 Å². The minimum atomic E-state index is -0.483. The maximum absolute atomic E-state index is 12.6. The SMILES string of the molecule is CCN(CC1CCCO1)C(=O)c1cc([N+](=O)[O-])ccc1I. The quantitative estimate of drug-likeness (QED) is 0.430. The van der Waals surface area contributed by atoms with Gasteiger partial charge in [-0.25, -0.2) is 0 Å². The average molecular weight is 404 g/mol. The Hall–Kier alpha value is -1.22. The first-order valence-electron chi connectivity index (χ1n) is 6.87. The molecule has 0 aromatic heterocycles. The number of nitrogens with zero attached hydrogens (tertiary/aromatic N) is 2. The van der Waals surface area contributed by atoms with E-state index in [1.165, 1.54) is 12.1 Å². The topological polar surface area (TPSA) is 72.7 Å². The number of carbonyl (C=O) groups excluding carboxylic acids is 1. The average Bonchev–Trinajstić information content (AvgIpc) is 2.97. The molecule has 1 aromatic carbocycles. The number of likely N-dealkylation sites (N-methyl/N-ethyl adjacent to an activating group) is 1. The van der Waals surface area contributed by atoms with Gasteiger partial charge < -0.3 is 9.64 Å². The summed E-state index contributed by atoms with van der Waals surface area (Å²) in [7, 11) is 0. The minimum absolute atomic E-state index is 0.0630. The third kappa shape index (κ3) is 3.91. The van der Waals surface area contributed by atoms with Crippen LogP contribution in [0.1, 0.15) is 30.1 Å². The Morgan fingerprint density at radius 1 is 1.57 bits per heavy atom. The van der Waals surface area contributed by atoms with Crippen molar-refractivity contribution in [2.45, 2.75) is 25.9 Å². The summed E-state index contributed by atoms with van der Waals surface area (Å²) < 4.78 is 6.28. The summed E-state index contributed by atoms with van der Waals surface area (Å²) in [6.07, 6.45) is 2.05. The van der Waals surface area contributed by atoms with Gasteiger partial charge in [0.2, 0.25) is 0 Å². The molecule has 1 aliphatic heterocycles. The molecule has 1 atom stereocenters. The third-order valence-electron chi connectivity index (χ3n) is 3.51. The molecule has 0 bridgehead atoms. The van der Waals surface area contributed by atoms with E-state index in [1.807, 2.05) is 29.5 Å². The summed E-state index contributed by atoms with van der Waals surface area (Å²) in [6, 6.07) is 4.36. The number of rotatable bonds is 5. The molecule has 1 heterocycles. The summed E-state index contributed by atoms with van der Waals surface area (Å²) in [6.45, 7) is 3.73. The van der Waals surface area contributed by atoms with E-state index < -0.39 is 4.92 Å². The highest BCUT2D eigenvalue weighted by Gasteiger charge is 2.24. The van der Waals surface area contributed by atoms with E-state index >= 15 is 0 Å². The van der Waals surface area contributed by atoms with E-state index in [0.717, 1.165) is 19.4 Å². The lowest BCUT2D eigenvalue weighted by Gasteiger charge is -2.24. The van der Waals surface area contributed by atoms with Crippen molar-refractivity contribution in [3.63, 3.8) is 0 Å². The Kier molecular flexibility index (Phi) is 5.51. The van der Waals surface area contributed by atoms with Crippen molar-refractivity contribution in [1.82, 2.24) is 4.90 Å². The molecule has 1 aromatic rings. The second kappa shape index (κ2) is 7.17. The number of hydrogen-bond donors (Lipinski definition) is 0. The second-order valence-corrected chi connectivity index (χ2v) is 6.06. The lowest BCUT2D eigenvalue weighted by Crippen LogP contribution is -2.37. The van der Waals surface area contributed by atoms with Crippen molar-refractivity contribution < 1.29 is 14.5 Å². The molecule has 2 rings (SSSR count). The number of benzene rings is 1. The van der Waals surface area contributed by atoms with Crippen molar-refractivity contribution in [1.29, 1.82) is 0 Å². The van der Waals surface area contributed by atoms with Crippen molar-refractivity contribution >= 4 is 34.2 Å². The molecule has 1 aliphatic rings. The zero-order valence-electron chi connectivity index (χ0n) is 11.8. The van der Waals surface area contributed by atoms with Gasteiger partial charge in [0.1, 0.15) is 0 Å². The van der Waals surface area contributed by atoms with E-state index in [4.69, 9.17) is 4.74 Å². The number of carbonyl (C=O) groups is 1. The largest absolute Gasteiger partial charge is 0.376 e. The maximum atomic E-state index is 12.6. The highest BCUT2D eigenvalue weighted by molar-refractivity contribution is 14.1. The smallest absolute Gasteiger partial charge is 0.270 e. The fourth-order valence-electron chi connectivity index (χ4n) is 2.35. The molecule has 0 aliphatic carbocycles. The first-order chi connectivity index (χ1) is 10.0. The van der Waals surface area contributed by atoms with E-state index in [2.05, 4.69) is 0 Å². The van der Waals surface area contributed by atoms with Crippen molar-refractivity contribution in [2.24, 2.45) is 0 Å². The molecule has 0 saturated carbocycles. The Morgan fingerprint density at radius 3 is 2.90 bits per heavy atom. The van der Waals surface area contributed by atoms with Crippen LogP contribution >= 0.6 is 22.6 Å². The number of hydrogen-bond acceptors (Lipinski definition) is 4. The standard InChI is InChI=1S/C14H17IN2O4/c1-2-16(9-11-4-3-7-21-11)14(18)12-8-10(17(19)20)5-6-13(12)15/h5-6,8,11H,2-4,7,9H2,1H3. The number of non-ortho nitro benzene ring substituents is 1. The van der Waals surface area contributed by atoms with Gasteiger partial charge in [0, 0.05) is 35.4 Å². The maximum Gasteiger partial charge on any atom is 0.270 e. The lowest BCUT2D eigenvalue weighted by molar-refractivity contribution is -0.384. The molecule has 114 valence electrons. The number of amides is 1. The molecule has 21 heavy (non-hydrogen) atoms. The monoisotopic (exact) mass is 404 g/mol. The van der Waals surface area contributed by atoms with Crippen molar-refractivity contribution in [3.8, 4) is 0 Å². The van der Waals surface area contributed by atoms with E-state index in [1.54, 1.807) is 11.0 Å². The first-order valence-corrected chi connectivity index (χ1v) is 7.95. The van der Waals surface area contributed by atoms with Crippen LogP contribution in [0.5, 0.6) is 0 Å². The summed E-state index contributed by atoms with van der Waals surface area (Å²) in [4.78, 5) is 24.7. The lowest BCUT2D eigenvalue weighted by atomic mass is 10.1. The third-order valence-corrected chi connectivity index (χ3v) is 4.45. The molecule has 0 radical (unpaired) electrons. The van der Waals surface area contributed by atoms with Crippen molar-refractivity contribution in [2.75, 3.05) is 19.7 Å².